The van der Waals surface area contributed by atoms with Crippen molar-refractivity contribution in [1.82, 2.24) is 8.87 Å². The summed E-state index contributed by atoms with van der Waals surface area (Å²) in [6.07, 6.45) is -0.0384. The zero-order chi connectivity index (χ0) is 15.9. The van der Waals surface area contributed by atoms with E-state index in [0.29, 0.717) is 0 Å². The maximum absolute atomic E-state index is 12.5. The maximum Gasteiger partial charge on any atom is 0.322 e. The first-order valence-electron chi connectivity index (χ1n) is 6.03. The van der Waals surface area contributed by atoms with Crippen LogP contribution in [0, 0.1) is 0 Å². The SMILES string of the molecule is Cn1cc(S(=O)(=O)N2C[C@@H](O)C[C@H]2C(=O)O)cc1C(N)=O. The highest BCUT2D eigenvalue weighted by Gasteiger charge is 2.44. The molecule has 0 saturated carbocycles. The van der Waals surface area contributed by atoms with Crippen LogP contribution in [0.3, 0.4) is 0 Å². The molecule has 0 aliphatic carbocycles. The Morgan fingerprint density at radius 1 is 1.43 bits per heavy atom. The quantitative estimate of drug-likeness (QED) is 0.606. The molecule has 4 N–H and O–H groups in total. The number of hydrogen-bond donors (Lipinski definition) is 3. The van der Waals surface area contributed by atoms with E-state index in [1.807, 2.05) is 0 Å². The Balaban J connectivity index is 2.44. The maximum atomic E-state index is 12.5. The third-order valence-corrected chi connectivity index (χ3v) is 5.20. The van der Waals surface area contributed by atoms with Gasteiger partial charge in [-0.2, -0.15) is 4.31 Å². The molecule has 1 fully saturated rings. The van der Waals surface area contributed by atoms with Gasteiger partial charge in [-0.25, -0.2) is 8.42 Å². The van der Waals surface area contributed by atoms with Gasteiger partial charge in [0.1, 0.15) is 16.6 Å². The first kappa shape index (κ1) is 15.5. The molecule has 0 radical (unpaired) electrons. The van der Waals surface area contributed by atoms with Gasteiger partial charge in [0.15, 0.2) is 0 Å². The Bertz CT molecular complexity index is 695. The van der Waals surface area contributed by atoms with E-state index in [2.05, 4.69) is 0 Å². The summed E-state index contributed by atoms with van der Waals surface area (Å²) in [7, 11) is -2.69. The Kier molecular flexibility index (Phi) is 3.78. The van der Waals surface area contributed by atoms with Crippen molar-refractivity contribution in [3.8, 4) is 0 Å². The number of aliphatic carboxylic acids is 1. The summed E-state index contributed by atoms with van der Waals surface area (Å²) in [6, 6.07) is -0.247. The molecule has 0 aromatic carbocycles. The van der Waals surface area contributed by atoms with E-state index < -0.39 is 34.0 Å². The van der Waals surface area contributed by atoms with Gasteiger partial charge in [-0.1, -0.05) is 0 Å². The normalized spacial score (nSPS) is 23.3. The molecular weight excluding hydrogens is 302 g/mol. The van der Waals surface area contributed by atoms with Crippen LogP contribution in [-0.4, -0.2) is 58.1 Å². The van der Waals surface area contributed by atoms with Gasteiger partial charge in [-0.15, -0.1) is 0 Å². The van der Waals surface area contributed by atoms with Gasteiger partial charge in [0, 0.05) is 26.2 Å². The molecular formula is C11H15N3O6S. The zero-order valence-corrected chi connectivity index (χ0v) is 11.9. The van der Waals surface area contributed by atoms with Gasteiger partial charge >= 0.3 is 5.97 Å². The molecule has 1 aromatic rings. The Labute approximate surface area is 120 Å². The second kappa shape index (κ2) is 5.13. The third kappa shape index (κ3) is 2.64. The van der Waals surface area contributed by atoms with Crippen LogP contribution < -0.4 is 5.73 Å². The van der Waals surface area contributed by atoms with E-state index in [4.69, 9.17) is 10.8 Å². The highest BCUT2D eigenvalue weighted by atomic mass is 32.2. The number of carboxylic acid groups (broad SMARTS) is 1. The highest BCUT2D eigenvalue weighted by Crippen LogP contribution is 2.27. The van der Waals surface area contributed by atoms with Crippen LogP contribution in [0.5, 0.6) is 0 Å². The first-order chi connectivity index (χ1) is 9.64. The van der Waals surface area contributed by atoms with Crippen molar-refractivity contribution in [2.75, 3.05) is 6.54 Å². The Morgan fingerprint density at radius 2 is 2.05 bits per heavy atom. The molecule has 0 unspecified atom stereocenters. The summed E-state index contributed by atoms with van der Waals surface area (Å²) in [5, 5.41) is 18.6. The standard InChI is InChI=1S/C11H15N3O6S/c1-13-5-7(3-8(13)10(12)16)21(19,20)14-4-6(15)2-9(14)11(17)18/h3,5-6,9,15H,2,4H2,1H3,(H2,12,16)(H,17,18)/t6-,9-/m0/s1. The van der Waals surface area contributed by atoms with Crippen LogP contribution in [0.15, 0.2) is 17.2 Å². The molecule has 0 bridgehead atoms. The molecule has 1 amide bonds. The smallest absolute Gasteiger partial charge is 0.322 e. The van der Waals surface area contributed by atoms with E-state index in [-0.39, 0.29) is 23.6 Å². The Morgan fingerprint density at radius 3 is 2.52 bits per heavy atom. The van der Waals surface area contributed by atoms with Crippen molar-refractivity contribution in [3.63, 3.8) is 0 Å². The number of aromatic nitrogens is 1. The number of carbonyl (C=O) groups is 2. The third-order valence-electron chi connectivity index (χ3n) is 3.36. The fourth-order valence-electron chi connectivity index (χ4n) is 2.33. The lowest BCUT2D eigenvalue weighted by atomic mass is 10.2. The molecule has 2 rings (SSSR count). The molecule has 2 heterocycles. The molecule has 1 aliphatic heterocycles. The number of hydrogen-bond acceptors (Lipinski definition) is 5. The van der Waals surface area contributed by atoms with Crippen molar-refractivity contribution in [2.24, 2.45) is 12.8 Å². The van der Waals surface area contributed by atoms with E-state index in [0.717, 1.165) is 10.4 Å². The van der Waals surface area contributed by atoms with Crippen LogP contribution in [0.1, 0.15) is 16.9 Å². The van der Waals surface area contributed by atoms with Crippen LogP contribution >= 0.6 is 0 Å². The van der Waals surface area contributed by atoms with Gasteiger partial charge in [-0.3, -0.25) is 9.59 Å². The number of β-amino-alcohol motifs (C(OH)–C–C–N with tert-alkyl or cyclic N) is 1. The number of nitrogens with zero attached hydrogens (tertiary/aromatic N) is 2. The average molecular weight is 317 g/mol. The number of carbonyl (C=O) groups excluding carboxylic acids is 1. The summed E-state index contributed by atoms with van der Waals surface area (Å²) in [5.41, 5.74) is 5.11. The van der Waals surface area contributed by atoms with Crippen molar-refractivity contribution in [3.05, 3.63) is 18.0 Å². The van der Waals surface area contributed by atoms with Gasteiger partial charge in [0.05, 0.1) is 6.10 Å². The lowest BCUT2D eigenvalue weighted by Gasteiger charge is -2.19. The molecule has 1 saturated heterocycles. The van der Waals surface area contributed by atoms with Gasteiger partial charge in [0.25, 0.3) is 5.91 Å². The minimum atomic E-state index is -4.14. The summed E-state index contributed by atoms with van der Waals surface area (Å²) >= 11 is 0. The van der Waals surface area contributed by atoms with Gasteiger partial charge in [-0.05, 0) is 6.07 Å². The molecule has 10 heteroatoms. The molecule has 116 valence electrons. The fraction of sp³-hybridized carbons (Fsp3) is 0.455. The Hall–Kier alpha value is -1.91. The van der Waals surface area contributed by atoms with E-state index in [9.17, 15) is 23.1 Å². The van der Waals surface area contributed by atoms with E-state index >= 15 is 0 Å². The van der Waals surface area contributed by atoms with Crippen molar-refractivity contribution in [1.29, 1.82) is 0 Å². The predicted molar refractivity (Wildman–Crippen MR) is 69.9 cm³/mol. The molecule has 21 heavy (non-hydrogen) atoms. The lowest BCUT2D eigenvalue weighted by Crippen LogP contribution is -2.40. The van der Waals surface area contributed by atoms with Crippen LogP contribution in [0.25, 0.3) is 0 Å². The van der Waals surface area contributed by atoms with E-state index in [1.54, 1.807) is 0 Å². The summed E-state index contributed by atoms with van der Waals surface area (Å²) in [5.74, 6) is -2.13. The highest BCUT2D eigenvalue weighted by molar-refractivity contribution is 7.89. The van der Waals surface area contributed by atoms with Crippen LogP contribution in [0.2, 0.25) is 0 Å². The average Bonchev–Trinajstić information content (AvgIpc) is 2.93. The minimum Gasteiger partial charge on any atom is -0.480 e. The summed E-state index contributed by atoms with van der Waals surface area (Å²) in [4.78, 5) is 22.0. The second-order valence-electron chi connectivity index (χ2n) is 4.85. The van der Waals surface area contributed by atoms with Crippen molar-refractivity contribution in [2.45, 2.75) is 23.5 Å². The number of amides is 1. The zero-order valence-electron chi connectivity index (χ0n) is 11.1. The van der Waals surface area contributed by atoms with Gasteiger partial charge < -0.3 is 20.5 Å². The monoisotopic (exact) mass is 317 g/mol. The fourth-order valence-corrected chi connectivity index (χ4v) is 4.03. The molecule has 1 aliphatic rings. The number of rotatable bonds is 4. The number of primary amides is 1. The number of aliphatic hydroxyl groups excluding tert-OH is 1. The number of sulfonamides is 1. The molecule has 2 atom stereocenters. The number of aliphatic hydroxyl groups is 1. The molecule has 9 nitrogen and oxygen atoms in total. The number of aryl methyl sites for hydroxylation is 1. The number of carboxylic acids is 1. The largest absolute Gasteiger partial charge is 0.480 e. The lowest BCUT2D eigenvalue weighted by molar-refractivity contribution is -0.140. The van der Waals surface area contributed by atoms with Crippen molar-refractivity contribution < 1.29 is 28.2 Å². The molecule has 1 aromatic heterocycles. The minimum absolute atomic E-state index is 0.0137. The first-order valence-corrected chi connectivity index (χ1v) is 7.47. The predicted octanol–water partition coefficient (Wildman–Crippen LogP) is -1.67. The number of nitrogens with two attached hydrogens (primary N) is 1. The summed E-state index contributed by atoms with van der Waals surface area (Å²) in [6.45, 7) is -0.305. The summed E-state index contributed by atoms with van der Waals surface area (Å²) < 4.78 is 26.9. The van der Waals surface area contributed by atoms with Gasteiger partial charge in [0.2, 0.25) is 10.0 Å². The molecule has 0 spiro atoms. The van der Waals surface area contributed by atoms with Crippen LogP contribution in [0.4, 0.5) is 0 Å². The van der Waals surface area contributed by atoms with Crippen LogP contribution in [-0.2, 0) is 21.9 Å². The topological polar surface area (TPSA) is 143 Å². The van der Waals surface area contributed by atoms with Crippen molar-refractivity contribution >= 4 is 21.9 Å². The van der Waals surface area contributed by atoms with E-state index in [1.165, 1.54) is 17.8 Å². The second-order valence-corrected chi connectivity index (χ2v) is 6.75.